The molecule has 0 saturated carbocycles. The first-order chi connectivity index (χ1) is 13.7. The van der Waals surface area contributed by atoms with Crippen LogP contribution in [-0.4, -0.2) is 29.7 Å². The summed E-state index contributed by atoms with van der Waals surface area (Å²) in [6.45, 7) is 4.84. The Balaban J connectivity index is 1.74. The van der Waals surface area contributed by atoms with E-state index in [9.17, 15) is 0 Å². The lowest BCUT2D eigenvalue weighted by molar-refractivity contribution is 0.677. The van der Waals surface area contributed by atoms with Crippen molar-refractivity contribution in [3.8, 4) is 11.5 Å². The maximum Gasteiger partial charge on any atom is 0.177 e. The fraction of sp³-hybridized carbons (Fsp3) is 0.227. The number of hydrogen-bond donors (Lipinski definition) is 0. The monoisotopic (exact) mass is 370 g/mol. The van der Waals surface area contributed by atoms with Crippen molar-refractivity contribution in [1.82, 2.24) is 29.7 Å². The van der Waals surface area contributed by atoms with Gasteiger partial charge in [0.15, 0.2) is 11.6 Å². The van der Waals surface area contributed by atoms with E-state index >= 15 is 0 Å². The molecule has 0 radical (unpaired) electrons. The first kappa shape index (κ1) is 18.0. The number of hydrogen-bond acceptors (Lipinski definition) is 5. The van der Waals surface area contributed by atoms with Gasteiger partial charge >= 0.3 is 0 Å². The lowest BCUT2D eigenvalue weighted by Crippen LogP contribution is -2.07. The number of benzene rings is 1. The van der Waals surface area contributed by atoms with Crippen LogP contribution in [0.4, 0.5) is 0 Å². The topological polar surface area (TPSA) is 69.4 Å². The number of pyridine rings is 1. The average molecular weight is 370 g/mol. The fourth-order valence-corrected chi connectivity index (χ4v) is 3.11. The highest BCUT2D eigenvalue weighted by molar-refractivity contribution is 5.50. The van der Waals surface area contributed by atoms with Crippen molar-refractivity contribution in [1.29, 1.82) is 0 Å². The predicted octanol–water partition coefficient (Wildman–Crippen LogP) is 3.64. The van der Waals surface area contributed by atoms with E-state index in [1.165, 1.54) is 11.1 Å². The van der Waals surface area contributed by atoms with Gasteiger partial charge in [-0.05, 0) is 42.2 Å². The van der Waals surface area contributed by atoms with Crippen molar-refractivity contribution in [2.24, 2.45) is 0 Å². The van der Waals surface area contributed by atoms with Crippen LogP contribution >= 0.6 is 0 Å². The summed E-state index contributed by atoms with van der Waals surface area (Å²) in [6, 6.07) is 14.3. The summed E-state index contributed by atoms with van der Waals surface area (Å²) in [5.41, 5.74) is 5.31. The highest BCUT2D eigenvalue weighted by atomic mass is 15.4. The quantitative estimate of drug-likeness (QED) is 0.518. The molecular weight excluding hydrogens is 348 g/mol. The molecule has 6 nitrogen and oxygen atoms in total. The van der Waals surface area contributed by atoms with Crippen molar-refractivity contribution in [2.75, 3.05) is 0 Å². The van der Waals surface area contributed by atoms with Crippen molar-refractivity contribution in [3.05, 3.63) is 89.4 Å². The van der Waals surface area contributed by atoms with Gasteiger partial charge in [-0.15, -0.1) is 0 Å². The lowest BCUT2D eigenvalue weighted by atomic mass is 10.1. The van der Waals surface area contributed by atoms with Gasteiger partial charge in [0, 0.05) is 24.5 Å². The molecule has 4 aromatic rings. The summed E-state index contributed by atoms with van der Waals surface area (Å²) >= 11 is 0. The van der Waals surface area contributed by atoms with E-state index in [0.29, 0.717) is 13.0 Å². The minimum Gasteiger partial charge on any atom is -0.264 e. The van der Waals surface area contributed by atoms with Crippen LogP contribution in [-0.2, 0) is 19.4 Å². The van der Waals surface area contributed by atoms with Crippen molar-refractivity contribution in [2.45, 2.75) is 33.2 Å². The second-order valence-electron chi connectivity index (χ2n) is 6.72. The van der Waals surface area contributed by atoms with Gasteiger partial charge in [0.05, 0.1) is 6.54 Å². The summed E-state index contributed by atoms with van der Waals surface area (Å²) in [4.78, 5) is 17.8. The molecule has 140 valence electrons. The summed E-state index contributed by atoms with van der Waals surface area (Å²) in [5.74, 6) is 1.52. The zero-order valence-corrected chi connectivity index (χ0v) is 16.1. The highest BCUT2D eigenvalue weighted by Gasteiger charge is 2.15. The van der Waals surface area contributed by atoms with Crippen LogP contribution in [0.5, 0.6) is 0 Å². The minimum absolute atomic E-state index is 0.632. The number of rotatable bonds is 6. The van der Waals surface area contributed by atoms with Gasteiger partial charge in [-0.3, -0.25) is 4.98 Å². The molecular formula is C22H22N6. The Kier molecular flexibility index (Phi) is 5.19. The van der Waals surface area contributed by atoms with E-state index in [1.54, 1.807) is 12.5 Å². The molecule has 6 heteroatoms. The van der Waals surface area contributed by atoms with E-state index in [1.807, 2.05) is 35.1 Å². The molecule has 3 heterocycles. The van der Waals surface area contributed by atoms with Crippen molar-refractivity contribution >= 4 is 0 Å². The molecule has 0 N–H and O–H groups in total. The number of nitrogens with zero attached hydrogens (tertiary/aromatic N) is 6. The molecule has 0 aliphatic rings. The van der Waals surface area contributed by atoms with Crippen LogP contribution in [0, 0.1) is 6.92 Å². The fourth-order valence-electron chi connectivity index (χ4n) is 3.11. The zero-order chi connectivity index (χ0) is 19.3. The van der Waals surface area contributed by atoms with Crippen LogP contribution in [0.3, 0.4) is 0 Å². The molecule has 3 aromatic heterocycles. The molecule has 0 amide bonds. The molecule has 0 unspecified atom stereocenters. The second-order valence-corrected chi connectivity index (χ2v) is 6.72. The van der Waals surface area contributed by atoms with Gasteiger partial charge in [-0.1, -0.05) is 37.3 Å². The summed E-state index contributed by atoms with van der Waals surface area (Å²) in [6.07, 6.45) is 6.70. The molecule has 0 aliphatic heterocycles. The SMILES string of the molecule is CCc1cc(-c2nc(Cc3cccnc3)nn2Cc2ccccc2C)ncn1. The lowest BCUT2D eigenvalue weighted by Gasteiger charge is -2.08. The molecule has 0 aliphatic carbocycles. The van der Waals surface area contributed by atoms with Crippen LogP contribution < -0.4 is 0 Å². The highest BCUT2D eigenvalue weighted by Crippen LogP contribution is 2.19. The van der Waals surface area contributed by atoms with Crippen molar-refractivity contribution in [3.63, 3.8) is 0 Å². The first-order valence-corrected chi connectivity index (χ1v) is 9.41. The van der Waals surface area contributed by atoms with Gasteiger partial charge in [0.2, 0.25) is 0 Å². The Hall–Kier alpha value is -3.41. The van der Waals surface area contributed by atoms with Gasteiger partial charge in [-0.25, -0.2) is 19.6 Å². The van der Waals surface area contributed by atoms with Crippen molar-refractivity contribution < 1.29 is 0 Å². The number of aryl methyl sites for hydroxylation is 2. The Morgan fingerprint density at radius 3 is 2.71 bits per heavy atom. The van der Waals surface area contributed by atoms with E-state index in [4.69, 9.17) is 10.1 Å². The largest absolute Gasteiger partial charge is 0.264 e. The maximum absolute atomic E-state index is 4.81. The molecule has 0 atom stereocenters. The molecule has 0 fully saturated rings. The Labute approximate surface area is 164 Å². The third-order valence-corrected chi connectivity index (χ3v) is 4.70. The molecule has 28 heavy (non-hydrogen) atoms. The van der Waals surface area contributed by atoms with Crippen LogP contribution in [0.1, 0.15) is 35.1 Å². The van der Waals surface area contributed by atoms with Crippen LogP contribution in [0.15, 0.2) is 61.2 Å². The van der Waals surface area contributed by atoms with Crippen LogP contribution in [0.25, 0.3) is 11.5 Å². The third-order valence-electron chi connectivity index (χ3n) is 4.70. The predicted molar refractivity (Wildman–Crippen MR) is 108 cm³/mol. The minimum atomic E-state index is 0.632. The van der Waals surface area contributed by atoms with E-state index in [-0.39, 0.29) is 0 Å². The molecule has 0 spiro atoms. The molecule has 4 rings (SSSR count). The summed E-state index contributed by atoms with van der Waals surface area (Å²) in [7, 11) is 0. The number of aromatic nitrogens is 6. The normalized spacial score (nSPS) is 10.9. The van der Waals surface area contributed by atoms with Gasteiger partial charge in [0.25, 0.3) is 0 Å². The van der Waals surface area contributed by atoms with Gasteiger partial charge in [0.1, 0.15) is 12.0 Å². The standard InChI is InChI=1S/C22H22N6/c1-3-19-12-20(25-15-24-19)22-26-21(11-17-8-6-10-23-13-17)27-28(22)14-18-9-5-4-7-16(18)2/h4-10,12-13,15H,3,11,14H2,1-2H3. The average Bonchev–Trinajstić information content (AvgIpc) is 3.12. The van der Waals surface area contributed by atoms with Crippen LogP contribution in [0.2, 0.25) is 0 Å². The zero-order valence-electron chi connectivity index (χ0n) is 16.1. The molecule has 1 aromatic carbocycles. The smallest absolute Gasteiger partial charge is 0.177 e. The van der Waals surface area contributed by atoms with Gasteiger partial charge < -0.3 is 0 Å². The Morgan fingerprint density at radius 1 is 1.04 bits per heavy atom. The van der Waals surface area contributed by atoms with E-state index in [2.05, 4.69) is 47.0 Å². The van der Waals surface area contributed by atoms with E-state index in [0.717, 1.165) is 35.0 Å². The van der Waals surface area contributed by atoms with E-state index < -0.39 is 0 Å². The maximum atomic E-state index is 4.81. The van der Waals surface area contributed by atoms with Gasteiger partial charge in [-0.2, -0.15) is 5.10 Å². The Morgan fingerprint density at radius 2 is 1.93 bits per heavy atom. The second kappa shape index (κ2) is 8.08. The first-order valence-electron chi connectivity index (χ1n) is 9.41. The molecule has 0 saturated heterocycles. The summed E-state index contributed by atoms with van der Waals surface area (Å²) < 4.78 is 1.94. The Bertz CT molecular complexity index is 1070. The summed E-state index contributed by atoms with van der Waals surface area (Å²) in [5, 5.41) is 4.79. The molecule has 0 bridgehead atoms. The third kappa shape index (κ3) is 3.96.